The largest absolute Gasteiger partial charge is 0.491 e. The van der Waals surface area contributed by atoms with Crippen molar-refractivity contribution >= 4 is 0 Å². The summed E-state index contributed by atoms with van der Waals surface area (Å²) < 4.78 is 11.8. The lowest BCUT2D eigenvalue weighted by atomic mass is 9.97. The van der Waals surface area contributed by atoms with Crippen molar-refractivity contribution in [3.8, 4) is 11.5 Å². The summed E-state index contributed by atoms with van der Waals surface area (Å²) in [5.74, 6) is 1.89. The van der Waals surface area contributed by atoms with Crippen LogP contribution in [0, 0.1) is 27.7 Å². The van der Waals surface area contributed by atoms with Crippen molar-refractivity contribution in [2.75, 3.05) is 13.2 Å². The molecule has 0 aliphatic rings. The molecule has 0 amide bonds. The van der Waals surface area contributed by atoms with Crippen LogP contribution in [0.2, 0.25) is 0 Å². The molecule has 148 valence electrons. The van der Waals surface area contributed by atoms with Gasteiger partial charge in [-0.25, -0.2) is 0 Å². The Morgan fingerprint density at radius 1 is 0.667 bits per heavy atom. The maximum atomic E-state index is 5.88. The van der Waals surface area contributed by atoms with Crippen LogP contribution >= 0.6 is 0 Å². The van der Waals surface area contributed by atoms with E-state index in [2.05, 4.69) is 52.0 Å². The highest BCUT2D eigenvalue weighted by atomic mass is 16.5. The van der Waals surface area contributed by atoms with E-state index in [1.165, 1.54) is 11.1 Å². The van der Waals surface area contributed by atoms with Gasteiger partial charge in [-0.15, -0.1) is 0 Å². The molecule has 0 saturated carbocycles. The maximum absolute atomic E-state index is 5.88. The van der Waals surface area contributed by atoms with E-state index in [-0.39, 0.29) is 12.1 Å². The molecule has 2 aromatic carbocycles. The molecule has 0 aliphatic heterocycles. The highest BCUT2D eigenvalue weighted by Gasteiger charge is 2.11. The van der Waals surface area contributed by atoms with Crippen LogP contribution in [0.25, 0.3) is 0 Å². The molecule has 4 nitrogen and oxygen atoms in total. The van der Waals surface area contributed by atoms with Gasteiger partial charge in [0.15, 0.2) is 0 Å². The molecule has 0 heterocycles. The first-order valence-corrected chi connectivity index (χ1v) is 9.64. The molecule has 0 fully saturated rings. The first kappa shape index (κ1) is 21.3. The summed E-state index contributed by atoms with van der Waals surface area (Å²) in [6.07, 6.45) is 0.879. The van der Waals surface area contributed by atoms with E-state index in [9.17, 15) is 0 Å². The molecule has 0 aromatic heterocycles. The van der Waals surface area contributed by atoms with Crippen LogP contribution in [0.5, 0.6) is 11.5 Å². The fourth-order valence-corrected chi connectivity index (χ4v) is 3.40. The van der Waals surface area contributed by atoms with Crippen molar-refractivity contribution in [1.82, 2.24) is 0 Å². The molecule has 0 bridgehead atoms. The van der Waals surface area contributed by atoms with Gasteiger partial charge in [-0.05, 0) is 81.3 Å². The lowest BCUT2D eigenvalue weighted by Gasteiger charge is -2.17. The van der Waals surface area contributed by atoms with Gasteiger partial charge in [0.05, 0.1) is 0 Å². The summed E-state index contributed by atoms with van der Waals surface area (Å²) in [6.45, 7) is 13.3. The zero-order valence-electron chi connectivity index (χ0n) is 17.6. The summed E-state index contributed by atoms with van der Waals surface area (Å²) in [6, 6.07) is 8.86. The summed E-state index contributed by atoms with van der Waals surface area (Å²) in [5, 5.41) is 0. The average Bonchev–Trinajstić information content (AvgIpc) is 2.52. The normalized spacial score (nSPS) is 13.3. The minimum absolute atomic E-state index is 0.0254. The van der Waals surface area contributed by atoms with Gasteiger partial charge in [-0.3, -0.25) is 0 Å². The van der Waals surface area contributed by atoms with Gasteiger partial charge >= 0.3 is 0 Å². The SMILES string of the molecule is Cc1cc(Cc2cc(C)c(OC[C@@H](C)N)c(C)c2)cc(C)c1OC[C@@H](C)N. The molecule has 27 heavy (non-hydrogen) atoms. The quantitative estimate of drug-likeness (QED) is 0.738. The Labute approximate surface area is 163 Å². The molecular formula is C23H34N2O2. The summed E-state index contributed by atoms with van der Waals surface area (Å²) in [7, 11) is 0. The number of benzene rings is 2. The van der Waals surface area contributed by atoms with Gasteiger partial charge in [0.25, 0.3) is 0 Å². The molecule has 2 atom stereocenters. The van der Waals surface area contributed by atoms with E-state index in [0.717, 1.165) is 40.2 Å². The number of aryl methyl sites for hydroxylation is 4. The lowest BCUT2D eigenvalue weighted by Crippen LogP contribution is -2.24. The van der Waals surface area contributed by atoms with Crippen molar-refractivity contribution < 1.29 is 9.47 Å². The topological polar surface area (TPSA) is 70.5 Å². The third kappa shape index (κ3) is 5.98. The second-order valence-corrected chi connectivity index (χ2v) is 7.87. The molecule has 4 N–H and O–H groups in total. The monoisotopic (exact) mass is 370 g/mol. The third-order valence-electron chi connectivity index (χ3n) is 4.43. The summed E-state index contributed by atoms with van der Waals surface area (Å²) in [4.78, 5) is 0. The standard InChI is InChI=1S/C23H34N2O2/c1-14-7-20(8-15(2)22(14)26-12-18(5)24)11-21-9-16(3)23(17(4)10-21)27-13-19(6)25/h7-10,18-19H,11-13,24-25H2,1-6H3/t18-,19-/m1/s1. The Hall–Kier alpha value is -2.04. The van der Waals surface area contributed by atoms with Crippen LogP contribution in [0.1, 0.15) is 47.2 Å². The first-order chi connectivity index (χ1) is 12.7. The van der Waals surface area contributed by atoms with Crippen LogP contribution in [-0.2, 0) is 6.42 Å². The molecule has 2 aromatic rings. The Bertz CT molecular complexity index is 670. The molecule has 0 saturated heterocycles. The minimum atomic E-state index is 0.0254. The van der Waals surface area contributed by atoms with Crippen molar-refractivity contribution in [1.29, 1.82) is 0 Å². The first-order valence-electron chi connectivity index (χ1n) is 9.64. The van der Waals surface area contributed by atoms with E-state index >= 15 is 0 Å². The summed E-state index contributed by atoms with van der Waals surface area (Å²) >= 11 is 0. The molecule has 2 rings (SSSR count). The third-order valence-corrected chi connectivity index (χ3v) is 4.43. The predicted molar refractivity (Wildman–Crippen MR) is 113 cm³/mol. The van der Waals surface area contributed by atoms with Crippen LogP contribution in [0.3, 0.4) is 0 Å². The van der Waals surface area contributed by atoms with Crippen molar-refractivity contribution in [3.05, 3.63) is 57.6 Å². The van der Waals surface area contributed by atoms with Gasteiger partial charge in [-0.2, -0.15) is 0 Å². The van der Waals surface area contributed by atoms with Crippen LogP contribution in [0.4, 0.5) is 0 Å². The van der Waals surface area contributed by atoms with Gasteiger partial charge in [0, 0.05) is 12.1 Å². The van der Waals surface area contributed by atoms with E-state index in [4.69, 9.17) is 20.9 Å². The fourth-order valence-electron chi connectivity index (χ4n) is 3.40. The number of hydrogen-bond donors (Lipinski definition) is 2. The average molecular weight is 371 g/mol. The Balaban J connectivity index is 2.19. The van der Waals surface area contributed by atoms with Crippen molar-refractivity contribution in [3.63, 3.8) is 0 Å². The van der Waals surface area contributed by atoms with Crippen LogP contribution in [-0.4, -0.2) is 25.3 Å². The molecule has 0 unspecified atom stereocenters. The van der Waals surface area contributed by atoms with Gasteiger partial charge in [-0.1, -0.05) is 24.3 Å². The summed E-state index contributed by atoms with van der Waals surface area (Å²) in [5.41, 5.74) is 18.8. The van der Waals surface area contributed by atoms with Gasteiger partial charge < -0.3 is 20.9 Å². The molecule has 0 aliphatic carbocycles. The predicted octanol–water partition coefficient (Wildman–Crippen LogP) is 3.96. The van der Waals surface area contributed by atoms with Gasteiger partial charge in [0.2, 0.25) is 0 Å². The van der Waals surface area contributed by atoms with E-state index in [0.29, 0.717) is 13.2 Å². The highest BCUT2D eigenvalue weighted by molar-refractivity contribution is 5.47. The van der Waals surface area contributed by atoms with Crippen LogP contribution < -0.4 is 20.9 Å². The number of hydrogen-bond acceptors (Lipinski definition) is 4. The Morgan fingerprint density at radius 3 is 1.22 bits per heavy atom. The second-order valence-electron chi connectivity index (χ2n) is 7.87. The minimum Gasteiger partial charge on any atom is -0.491 e. The van der Waals surface area contributed by atoms with E-state index in [1.54, 1.807) is 0 Å². The molecule has 0 radical (unpaired) electrons. The second kappa shape index (κ2) is 9.25. The lowest BCUT2D eigenvalue weighted by molar-refractivity contribution is 0.292. The Morgan fingerprint density at radius 2 is 0.963 bits per heavy atom. The van der Waals surface area contributed by atoms with Crippen molar-refractivity contribution in [2.24, 2.45) is 11.5 Å². The highest BCUT2D eigenvalue weighted by Crippen LogP contribution is 2.29. The number of nitrogens with two attached hydrogens (primary N) is 2. The smallest absolute Gasteiger partial charge is 0.125 e. The van der Waals surface area contributed by atoms with Gasteiger partial charge in [0.1, 0.15) is 24.7 Å². The molecular weight excluding hydrogens is 336 g/mol. The number of ether oxygens (including phenoxy) is 2. The number of rotatable bonds is 8. The molecule has 0 spiro atoms. The van der Waals surface area contributed by atoms with Crippen LogP contribution in [0.15, 0.2) is 24.3 Å². The molecule has 4 heteroatoms. The van der Waals surface area contributed by atoms with E-state index < -0.39 is 0 Å². The zero-order chi connectivity index (χ0) is 20.1. The van der Waals surface area contributed by atoms with E-state index in [1.807, 2.05) is 13.8 Å². The zero-order valence-corrected chi connectivity index (χ0v) is 17.6. The fraction of sp³-hybridized carbons (Fsp3) is 0.478. The van der Waals surface area contributed by atoms with Crippen molar-refractivity contribution in [2.45, 2.75) is 60.0 Å². The Kier molecular flexibility index (Phi) is 7.28. The maximum Gasteiger partial charge on any atom is 0.125 e.